The van der Waals surface area contributed by atoms with E-state index < -0.39 is 6.04 Å². The van der Waals surface area contributed by atoms with Crippen LogP contribution in [0.5, 0.6) is 11.5 Å². The fourth-order valence-electron chi connectivity index (χ4n) is 2.41. The molecule has 0 aliphatic carbocycles. The van der Waals surface area contributed by atoms with Crippen molar-refractivity contribution in [3.8, 4) is 11.5 Å². The molecule has 0 aromatic heterocycles. The van der Waals surface area contributed by atoms with Crippen LogP contribution in [0, 0.1) is 0 Å². The van der Waals surface area contributed by atoms with Crippen molar-refractivity contribution in [2.45, 2.75) is 25.9 Å². The number of nitrogens with zero attached hydrogens (tertiary/aromatic N) is 1. The molecule has 2 rings (SSSR count). The van der Waals surface area contributed by atoms with Gasteiger partial charge in [-0.05, 0) is 13.0 Å². The Hall–Kier alpha value is -2.08. The highest BCUT2D eigenvalue weighted by atomic mass is 16.5. The maximum Gasteiger partial charge on any atom is 0.246 e. The molecule has 1 aromatic carbocycles. The summed E-state index contributed by atoms with van der Waals surface area (Å²) in [6.07, 6.45) is 0.213. The molecule has 114 valence electrons. The minimum atomic E-state index is -0.454. The van der Waals surface area contributed by atoms with Crippen molar-refractivity contribution in [1.82, 2.24) is 10.2 Å². The van der Waals surface area contributed by atoms with E-state index in [0.717, 1.165) is 5.56 Å². The highest BCUT2D eigenvalue weighted by Crippen LogP contribution is 2.25. The van der Waals surface area contributed by atoms with Crippen molar-refractivity contribution in [1.29, 1.82) is 0 Å². The van der Waals surface area contributed by atoms with E-state index in [9.17, 15) is 9.59 Å². The molecule has 0 spiro atoms. The number of benzene rings is 1. The van der Waals surface area contributed by atoms with Crippen LogP contribution in [0.4, 0.5) is 0 Å². The number of likely N-dealkylation sites (tertiary alicyclic amines) is 1. The molecule has 1 aliphatic rings. The summed E-state index contributed by atoms with van der Waals surface area (Å²) in [5.41, 5.74) is 0.911. The van der Waals surface area contributed by atoms with Crippen LogP contribution < -0.4 is 14.8 Å². The smallest absolute Gasteiger partial charge is 0.246 e. The molecule has 2 amide bonds. The van der Waals surface area contributed by atoms with E-state index in [4.69, 9.17) is 9.47 Å². The number of carbonyl (C=O) groups is 2. The van der Waals surface area contributed by atoms with Crippen LogP contribution >= 0.6 is 0 Å². The number of ether oxygens (including phenoxy) is 2. The number of hydrogen-bond acceptors (Lipinski definition) is 5. The Kier molecular flexibility index (Phi) is 4.80. The van der Waals surface area contributed by atoms with Gasteiger partial charge in [-0.1, -0.05) is 6.07 Å². The van der Waals surface area contributed by atoms with Crippen LogP contribution in [0.25, 0.3) is 0 Å². The first-order valence-electron chi connectivity index (χ1n) is 6.89. The lowest BCUT2D eigenvalue weighted by molar-refractivity contribution is -0.138. The summed E-state index contributed by atoms with van der Waals surface area (Å²) >= 11 is 0. The summed E-state index contributed by atoms with van der Waals surface area (Å²) in [6.45, 7) is 2.67. The number of carbonyl (C=O) groups excluding carboxylic acids is 2. The number of imide groups is 1. The second-order valence-electron chi connectivity index (χ2n) is 4.79. The van der Waals surface area contributed by atoms with Gasteiger partial charge in [0.2, 0.25) is 11.8 Å². The van der Waals surface area contributed by atoms with Crippen molar-refractivity contribution >= 4 is 11.8 Å². The molecule has 1 saturated heterocycles. The van der Waals surface area contributed by atoms with E-state index in [2.05, 4.69) is 5.32 Å². The van der Waals surface area contributed by atoms with Crippen LogP contribution in [0.2, 0.25) is 0 Å². The fraction of sp³-hybridized carbons (Fsp3) is 0.467. The summed E-state index contributed by atoms with van der Waals surface area (Å²) in [6, 6.07) is 5.05. The Morgan fingerprint density at radius 1 is 1.29 bits per heavy atom. The number of nitrogens with one attached hydrogen (secondary N) is 1. The zero-order chi connectivity index (χ0) is 15.4. The van der Waals surface area contributed by atoms with Gasteiger partial charge in [0.05, 0.1) is 26.7 Å². The second kappa shape index (κ2) is 6.58. The molecule has 1 fully saturated rings. The number of rotatable bonds is 6. The molecule has 0 bridgehead atoms. The molecular formula is C15H20N2O4. The van der Waals surface area contributed by atoms with Crippen molar-refractivity contribution in [2.75, 3.05) is 20.8 Å². The van der Waals surface area contributed by atoms with Crippen LogP contribution in [-0.2, 0) is 16.1 Å². The Morgan fingerprint density at radius 3 is 2.62 bits per heavy atom. The summed E-state index contributed by atoms with van der Waals surface area (Å²) in [4.78, 5) is 25.0. The molecule has 6 heteroatoms. The first-order valence-corrected chi connectivity index (χ1v) is 6.89. The standard InChI is InChI=1S/C15H20N2O4/c1-4-17-14(18)8-12(15(17)19)16-9-10-5-6-11(20-2)7-13(10)21-3/h5-7,12,16H,4,8-9H2,1-3H3. The molecule has 1 unspecified atom stereocenters. The molecule has 1 aliphatic heterocycles. The quantitative estimate of drug-likeness (QED) is 0.790. The molecule has 1 aromatic rings. The first kappa shape index (κ1) is 15.3. The Morgan fingerprint density at radius 2 is 2.05 bits per heavy atom. The summed E-state index contributed by atoms with van der Waals surface area (Å²) in [5.74, 6) is 1.11. The van der Waals surface area contributed by atoms with E-state index in [1.807, 2.05) is 12.1 Å². The van der Waals surface area contributed by atoms with Crippen molar-refractivity contribution in [3.05, 3.63) is 23.8 Å². The van der Waals surface area contributed by atoms with Crippen LogP contribution in [-0.4, -0.2) is 43.5 Å². The van der Waals surface area contributed by atoms with E-state index in [-0.39, 0.29) is 18.2 Å². The number of methoxy groups -OCH3 is 2. The predicted octanol–water partition coefficient (Wildman–Crippen LogP) is 0.941. The Labute approximate surface area is 124 Å². The van der Waals surface area contributed by atoms with E-state index in [1.165, 1.54) is 4.90 Å². The summed E-state index contributed by atoms with van der Waals surface area (Å²) < 4.78 is 10.5. The van der Waals surface area contributed by atoms with Gasteiger partial charge < -0.3 is 14.8 Å². The van der Waals surface area contributed by atoms with Gasteiger partial charge in [0, 0.05) is 24.7 Å². The molecule has 1 N–H and O–H groups in total. The van der Waals surface area contributed by atoms with Crippen molar-refractivity contribution < 1.29 is 19.1 Å². The summed E-state index contributed by atoms with van der Waals surface area (Å²) in [7, 11) is 3.18. The maximum absolute atomic E-state index is 12.0. The van der Waals surface area contributed by atoms with Crippen LogP contribution in [0.15, 0.2) is 18.2 Å². The zero-order valence-electron chi connectivity index (χ0n) is 12.5. The van der Waals surface area contributed by atoms with Gasteiger partial charge in [-0.25, -0.2) is 0 Å². The normalized spacial score (nSPS) is 18.2. The third kappa shape index (κ3) is 3.16. The summed E-state index contributed by atoms with van der Waals surface area (Å²) in [5, 5.41) is 3.12. The van der Waals surface area contributed by atoms with E-state index in [0.29, 0.717) is 24.6 Å². The molecule has 6 nitrogen and oxygen atoms in total. The number of amides is 2. The third-order valence-electron chi connectivity index (χ3n) is 3.59. The lowest BCUT2D eigenvalue weighted by Gasteiger charge is -2.15. The van der Waals surface area contributed by atoms with Crippen molar-refractivity contribution in [2.24, 2.45) is 0 Å². The van der Waals surface area contributed by atoms with Gasteiger partial charge in [0.1, 0.15) is 11.5 Å². The Balaban J connectivity index is 2.04. The van der Waals surface area contributed by atoms with Gasteiger partial charge in [-0.15, -0.1) is 0 Å². The molecule has 0 radical (unpaired) electrons. The minimum absolute atomic E-state index is 0.123. The van der Waals surface area contributed by atoms with Gasteiger partial charge >= 0.3 is 0 Å². The molecule has 0 saturated carbocycles. The number of likely N-dealkylation sites (N-methyl/N-ethyl adjacent to an activating group) is 1. The molecule has 1 atom stereocenters. The molecule has 21 heavy (non-hydrogen) atoms. The van der Waals surface area contributed by atoms with E-state index in [1.54, 1.807) is 27.2 Å². The number of hydrogen-bond donors (Lipinski definition) is 1. The maximum atomic E-state index is 12.0. The van der Waals surface area contributed by atoms with Crippen LogP contribution in [0.3, 0.4) is 0 Å². The Bertz CT molecular complexity index is 544. The van der Waals surface area contributed by atoms with Crippen molar-refractivity contribution in [3.63, 3.8) is 0 Å². The van der Waals surface area contributed by atoms with Gasteiger partial charge in [-0.3, -0.25) is 14.5 Å². The lowest BCUT2D eigenvalue weighted by Crippen LogP contribution is -2.38. The molecule has 1 heterocycles. The fourth-order valence-corrected chi connectivity index (χ4v) is 2.41. The first-order chi connectivity index (χ1) is 10.1. The van der Waals surface area contributed by atoms with Gasteiger partial charge in [0.25, 0.3) is 0 Å². The predicted molar refractivity (Wildman–Crippen MR) is 77.2 cm³/mol. The van der Waals surface area contributed by atoms with Gasteiger partial charge in [-0.2, -0.15) is 0 Å². The SMILES string of the molecule is CCN1C(=O)CC(NCc2ccc(OC)cc2OC)C1=O. The van der Waals surface area contributed by atoms with Gasteiger partial charge in [0.15, 0.2) is 0 Å². The highest BCUT2D eigenvalue weighted by Gasteiger charge is 2.37. The molecular weight excluding hydrogens is 272 g/mol. The van der Waals surface area contributed by atoms with E-state index >= 15 is 0 Å². The largest absolute Gasteiger partial charge is 0.497 e. The monoisotopic (exact) mass is 292 g/mol. The zero-order valence-corrected chi connectivity index (χ0v) is 12.5. The lowest BCUT2D eigenvalue weighted by atomic mass is 10.1. The second-order valence-corrected chi connectivity index (χ2v) is 4.79. The minimum Gasteiger partial charge on any atom is -0.497 e. The third-order valence-corrected chi connectivity index (χ3v) is 3.59. The topological polar surface area (TPSA) is 67.9 Å². The average molecular weight is 292 g/mol. The average Bonchev–Trinajstić information content (AvgIpc) is 2.78. The van der Waals surface area contributed by atoms with Crippen LogP contribution in [0.1, 0.15) is 18.9 Å². The highest BCUT2D eigenvalue weighted by molar-refractivity contribution is 6.05.